The van der Waals surface area contributed by atoms with Gasteiger partial charge in [0.2, 0.25) is 17.6 Å². The van der Waals surface area contributed by atoms with Crippen LogP contribution in [0.25, 0.3) is 0 Å². The highest BCUT2D eigenvalue weighted by Gasteiger charge is 2.70. The van der Waals surface area contributed by atoms with Gasteiger partial charge >= 0.3 is 6.03 Å². The molecule has 5 atom stereocenters. The average Bonchev–Trinajstić information content (AvgIpc) is 3.29. The number of carbonyl (C=O) groups excluding carboxylic acids is 5. The zero-order chi connectivity index (χ0) is 37.4. The summed E-state index contributed by atoms with van der Waals surface area (Å²) in [4.78, 5) is 69.9. The predicted molar refractivity (Wildman–Crippen MR) is 193 cm³/mol. The number of nitrogens with one attached hydrogen (secondary N) is 4. The highest BCUT2D eigenvalue weighted by atomic mass is 32.2. The van der Waals surface area contributed by atoms with E-state index >= 15 is 0 Å². The van der Waals surface area contributed by atoms with E-state index in [0.29, 0.717) is 25.8 Å². The third-order valence-corrected chi connectivity index (χ3v) is 14.6. The molecule has 0 radical (unpaired) electrons. The lowest BCUT2D eigenvalue weighted by Gasteiger charge is -2.41. The number of nitrogens with zero attached hydrogens (tertiary/aromatic N) is 1. The van der Waals surface area contributed by atoms with Gasteiger partial charge in [-0.25, -0.2) is 13.2 Å². The van der Waals surface area contributed by atoms with E-state index in [4.69, 9.17) is 0 Å². The molecule has 4 unspecified atom stereocenters. The van der Waals surface area contributed by atoms with E-state index in [0.717, 1.165) is 38.5 Å². The number of likely N-dealkylation sites (tertiary alicyclic amines) is 1. The van der Waals surface area contributed by atoms with Crippen LogP contribution < -0.4 is 21.3 Å². The third kappa shape index (κ3) is 8.56. The molecule has 1 aliphatic heterocycles. The molecule has 0 aromatic heterocycles. The van der Waals surface area contributed by atoms with Gasteiger partial charge in [-0.1, -0.05) is 79.2 Å². The van der Waals surface area contributed by atoms with Crippen LogP contribution in [0.3, 0.4) is 0 Å². The minimum absolute atomic E-state index is 0.0569. The molecule has 4 rings (SSSR count). The molecule has 4 N–H and O–H groups in total. The van der Waals surface area contributed by atoms with Gasteiger partial charge in [0.05, 0.1) is 22.1 Å². The number of carbonyl (C=O) groups is 5. The van der Waals surface area contributed by atoms with E-state index in [1.807, 2.05) is 20.8 Å². The quantitative estimate of drug-likeness (QED) is 0.166. The van der Waals surface area contributed by atoms with E-state index in [-0.39, 0.29) is 35.5 Å². The molecule has 0 bridgehead atoms. The van der Waals surface area contributed by atoms with Gasteiger partial charge in [0, 0.05) is 13.1 Å². The third-order valence-electron chi connectivity index (χ3n) is 11.8. The lowest BCUT2D eigenvalue weighted by molar-refractivity contribution is -0.145. The van der Waals surface area contributed by atoms with Crippen LogP contribution >= 0.6 is 0 Å². The van der Waals surface area contributed by atoms with E-state index in [1.165, 1.54) is 11.0 Å². The maximum absolute atomic E-state index is 14.5. The largest absolute Gasteiger partial charge is 0.346 e. The van der Waals surface area contributed by atoms with Gasteiger partial charge in [-0.05, 0) is 68.6 Å². The first-order valence-electron chi connectivity index (χ1n) is 18.4. The minimum Gasteiger partial charge on any atom is -0.346 e. The fourth-order valence-electron chi connectivity index (χ4n) is 8.11. The van der Waals surface area contributed by atoms with E-state index in [2.05, 4.69) is 41.7 Å². The first-order valence-corrected chi connectivity index (χ1v) is 20.0. The number of sulfone groups is 1. The Balaban J connectivity index is 1.55. The maximum atomic E-state index is 14.5. The number of ketones is 1. The molecule has 3 saturated carbocycles. The van der Waals surface area contributed by atoms with E-state index in [1.54, 1.807) is 20.8 Å². The van der Waals surface area contributed by atoms with Crippen molar-refractivity contribution in [2.45, 2.75) is 142 Å². The fraction of sp³-hybridized carbons (Fsp3) is 0.811. The Morgan fingerprint density at radius 2 is 1.56 bits per heavy atom. The van der Waals surface area contributed by atoms with E-state index < -0.39 is 73.2 Å². The number of hydrogen-bond acceptors (Lipinski definition) is 7. The number of urea groups is 1. The number of rotatable bonds is 13. The predicted octanol–water partition coefficient (Wildman–Crippen LogP) is 3.65. The van der Waals surface area contributed by atoms with Crippen LogP contribution in [0.5, 0.6) is 0 Å². The molecule has 1 heterocycles. The van der Waals surface area contributed by atoms with Gasteiger partial charge in [-0.3, -0.25) is 19.2 Å². The highest BCUT2D eigenvalue weighted by molar-refractivity contribution is 7.92. The molecule has 13 heteroatoms. The van der Waals surface area contributed by atoms with Crippen LogP contribution in [0.2, 0.25) is 0 Å². The normalized spacial score (nSPS) is 25.6. The van der Waals surface area contributed by atoms with Crippen molar-refractivity contribution in [3.8, 4) is 0 Å². The molecule has 50 heavy (non-hydrogen) atoms. The first-order chi connectivity index (χ1) is 23.0. The number of Topliss-reactive ketones (excluding diaryl/α,β-unsaturated/α-hetero) is 1. The topological polar surface area (TPSA) is 171 Å². The van der Waals surface area contributed by atoms with Crippen LogP contribution in [-0.4, -0.2) is 90.1 Å². The van der Waals surface area contributed by atoms with Crippen molar-refractivity contribution in [1.29, 1.82) is 0 Å². The molecular formula is C37H61N5O7S. The number of hydrogen-bond donors (Lipinski definition) is 4. The van der Waals surface area contributed by atoms with Crippen molar-refractivity contribution in [3.63, 3.8) is 0 Å². The summed E-state index contributed by atoms with van der Waals surface area (Å²) in [5, 5.41) is 11.3. The lowest BCUT2D eigenvalue weighted by atomic mass is 9.80. The summed E-state index contributed by atoms with van der Waals surface area (Å²) in [6.45, 7) is 18.6. The average molecular weight is 720 g/mol. The Morgan fingerprint density at radius 3 is 2.08 bits per heavy atom. The van der Waals surface area contributed by atoms with Crippen molar-refractivity contribution in [1.82, 2.24) is 26.2 Å². The van der Waals surface area contributed by atoms with Gasteiger partial charge in [0.1, 0.15) is 12.1 Å². The van der Waals surface area contributed by atoms with E-state index in [9.17, 15) is 32.4 Å². The SMILES string of the molecule is C=CCNC(=O)C(=O)C(CC1CCC1)NC(=O)C1C2C(CN1C(=O)[C@@H](NC(=O)NC1(CS(=O)(=O)C(C)(C)C)CCCCC1)C(C)(C)C)C2(C)C. The van der Waals surface area contributed by atoms with Crippen molar-refractivity contribution < 1.29 is 32.4 Å². The number of fused-ring (bicyclic) bond motifs is 1. The van der Waals surface area contributed by atoms with Gasteiger partial charge in [-0.15, -0.1) is 6.58 Å². The van der Waals surface area contributed by atoms with Crippen LogP contribution in [0.1, 0.15) is 113 Å². The summed E-state index contributed by atoms with van der Waals surface area (Å²) in [6, 6.07) is -3.55. The van der Waals surface area contributed by atoms with Gasteiger partial charge < -0.3 is 26.2 Å². The first kappa shape index (κ1) is 39.8. The summed E-state index contributed by atoms with van der Waals surface area (Å²) in [6.07, 6.45) is 8.25. The van der Waals surface area contributed by atoms with Crippen molar-refractivity contribution in [3.05, 3.63) is 12.7 Å². The zero-order valence-corrected chi connectivity index (χ0v) is 32.3. The number of amides is 5. The van der Waals surface area contributed by atoms with Crippen molar-refractivity contribution in [2.75, 3.05) is 18.8 Å². The van der Waals surface area contributed by atoms with Crippen molar-refractivity contribution >= 4 is 39.4 Å². The Kier molecular flexibility index (Phi) is 11.6. The van der Waals surface area contributed by atoms with Gasteiger partial charge in [0.25, 0.3) is 5.91 Å². The molecule has 4 fully saturated rings. The molecule has 0 aromatic rings. The summed E-state index contributed by atoms with van der Waals surface area (Å²) >= 11 is 0. The molecule has 12 nitrogen and oxygen atoms in total. The van der Waals surface area contributed by atoms with Gasteiger partial charge in [0.15, 0.2) is 9.84 Å². The molecule has 4 aliphatic rings. The summed E-state index contributed by atoms with van der Waals surface area (Å²) < 4.78 is 25.7. The second kappa shape index (κ2) is 14.6. The number of piperidine rings is 1. The minimum atomic E-state index is -3.56. The molecule has 5 amide bonds. The molecule has 1 saturated heterocycles. The highest BCUT2D eigenvalue weighted by Crippen LogP contribution is 2.65. The lowest BCUT2D eigenvalue weighted by Crippen LogP contribution is -2.64. The zero-order valence-electron chi connectivity index (χ0n) is 31.4. The standard InChI is InChI=1S/C37H61N5O7S/c1-10-19-38-31(45)28(43)25(20-23-15-14-16-23)39-30(44)27-26-24(36(26,8)9)21-42(27)32(46)29(34(2,3)4)40-33(47)41-37(17-12-11-13-18-37)22-50(48,49)35(5,6)7/h10,23-27,29H,1,11-22H2,2-9H3,(H,38,45)(H,39,44)(H2,40,41,47)/t24?,25?,26?,27?,29-/m1/s1. The van der Waals surface area contributed by atoms with Gasteiger partial charge in [-0.2, -0.15) is 0 Å². The fourth-order valence-corrected chi connectivity index (χ4v) is 9.63. The summed E-state index contributed by atoms with van der Waals surface area (Å²) in [5.41, 5.74) is -1.93. The summed E-state index contributed by atoms with van der Waals surface area (Å²) in [5.74, 6) is -2.45. The van der Waals surface area contributed by atoms with Crippen LogP contribution in [0.4, 0.5) is 4.79 Å². The molecule has 0 spiro atoms. The Labute approximate surface area is 299 Å². The maximum Gasteiger partial charge on any atom is 0.315 e. The monoisotopic (exact) mass is 719 g/mol. The molecule has 282 valence electrons. The Morgan fingerprint density at radius 1 is 0.940 bits per heavy atom. The van der Waals surface area contributed by atoms with Crippen LogP contribution in [-0.2, 0) is 29.0 Å². The van der Waals surface area contributed by atoms with Crippen molar-refractivity contribution in [2.24, 2.45) is 28.6 Å². The summed E-state index contributed by atoms with van der Waals surface area (Å²) in [7, 11) is -3.56. The Hall–Kier alpha value is -2.96. The second-order valence-corrected chi connectivity index (χ2v) is 20.7. The van der Waals surface area contributed by atoms with Crippen LogP contribution in [0.15, 0.2) is 12.7 Å². The Bertz CT molecular complexity index is 1450. The van der Waals surface area contributed by atoms with Crippen LogP contribution in [0, 0.1) is 28.6 Å². The molecule has 0 aromatic carbocycles. The molecular weight excluding hydrogens is 659 g/mol. The smallest absolute Gasteiger partial charge is 0.315 e. The second-order valence-electron chi connectivity index (χ2n) is 18.0. The molecule has 3 aliphatic carbocycles.